The first-order valence-corrected chi connectivity index (χ1v) is 8.44. The summed E-state index contributed by atoms with van der Waals surface area (Å²) in [6, 6.07) is 19.6. The average molecular weight is 301 g/mol. The van der Waals surface area contributed by atoms with Crippen LogP contribution in [0.5, 0.6) is 0 Å². The Balaban J connectivity index is 2.02. The van der Waals surface area contributed by atoms with E-state index < -0.39 is 0 Å². The molecule has 23 heavy (non-hydrogen) atoms. The van der Waals surface area contributed by atoms with Crippen molar-refractivity contribution in [1.82, 2.24) is 0 Å². The molecule has 2 aliphatic rings. The van der Waals surface area contributed by atoms with E-state index in [0.717, 1.165) is 6.42 Å². The van der Waals surface area contributed by atoms with Gasteiger partial charge in [0, 0.05) is 16.8 Å². The fraction of sp³-hybridized carbons (Fsp3) is 0.273. The van der Waals surface area contributed by atoms with Gasteiger partial charge in [0.05, 0.1) is 5.69 Å². The lowest BCUT2D eigenvalue weighted by atomic mass is 9.70. The molecule has 1 aliphatic carbocycles. The summed E-state index contributed by atoms with van der Waals surface area (Å²) in [5, 5.41) is 0. The van der Waals surface area contributed by atoms with Crippen molar-refractivity contribution in [3.63, 3.8) is 0 Å². The molecule has 0 spiro atoms. The Morgan fingerprint density at radius 1 is 0.870 bits per heavy atom. The molecule has 4 rings (SSSR count). The zero-order valence-corrected chi connectivity index (χ0v) is 14.1. The van der Waals surface area contributed by atoms with E-state index in [1.54, 1.807) is 5.57 Å². The molecule has 0 aromatic heterocycles. The minimum Gasteiger partial charge on any atom is -0.310 e. The molecule has 0 saturated carbocycles. The molecule has 0 radical (unpaired) electrons. The number of allylic oxidation sites excluding steroid dienone is 3. The Hall–Kier alpha value is -2.28. The van der Waals surface area contributed by atoms with Gasteiger partial charge in [-0.2, -0.15) is 0 Å². The van der Waals surface area contributed by atoms with E-state index in [4.69, 9.17) is 0 Å². The minimum atomic E-state index is 0.0917. The number of hydrogen-bond donors (Lipinski definition) is 0. The molecule has 1 heterocycles. The monoisotopic (exact) mass is 301 g/mol. The van der Waals surface area contributed by atoms with Gasteiger partial charge < -0.3 is 4.90 Å². The van der Waals surface area contributed by atoms with Crippen LogP contribution in [-0.2, 0) is 5.41 Å². The summed E-state index contributed by atoms with van der Waals surface area (Å²) >= 11 is 0. The number of benzene rings is 2. The van der Waals surface area contributed by atoms with E-state index in [1.807, 2.05) is 0 Å². The van der Waals surface area contributed by atoms with E-state index in [0.29, 0.717) is 0 Å². The van der Waals surface area contributed by atoms with Gasteiger partial charge in [0.15, 0.2) is 0 Å². The summed E-state index contributed by atoms with van der Waals surface area (Å²) in [6.07, 6.45) is 4.72. The second kappa shape index (κ2) is 5.13. The Morgan fingerprint density at radius 2 is 1.57 bits per heavy atom. The van der Waals surface area contributed by atoms with Crippen LogP contribution in [0.2, 0.25) is 0 Å². The topological polar surface area (TPSA) is 3.24 Å². The molecule has 0 fully saturated rings. The van der Waals surface area contributed by atoms with Crippen LogP contribution in [0.1, 0.15) is 39.2 Å². The van der Waals surface area contributed by atoms with Gasteiger partial charge in [0.2, 0.25) is 0 Å². The third kappa shape index (κ3) is 2.15. The first-order valence-electron chi connectivity index (χ1n) is 8.44. The molecule has 0 saturated heterocycles. The predicted octanol–water partition coefficient (Wildman–Crippen LogP) is 6.11. The Morgan fingerprint density at radius 3 is 2.35 bits per heavy atom. The van der Waals surface area contributed by atoms with Crippen LogP contribution in [-0.4, -0.2) is 0 Å². The molecule has 2 aromatic rings. The first-order chi connectivity index (χ1) is 11.1. The maximum atomic E-state index is 2.44. The SMILES string of the molecule is CC1=CC2=C(CC1)C(C)(C)c1ccccc1N2c1ccccc1. The number of para-hydroxylation sites is 2. The van der Waals surface area contributed by atoms with E-state index in [2.05, 4.69) is 86.3 Å². The second-order valence-corrected chi connectivity index (χ2v) is 7.17. The summed E-state index contributed by atoms with van der Waals surface area (Å²) < 4.78 is 0. The standard InChI is InChI=1S/C22H23N/c1-16-13-14-19-21(15-16)23(17-9-5-4-6-10-17)20-12-8-7-11-18(20)22(19,2)3/h4-12,15H,13-14H2,1-3H3. The highest BCUT2D eigenvalue weighted by Crippen LogP contribution is 2.51. The van der Waals surface area contributed by atoms with Crippen LogP contribution in [0.15, 0.2) is 77.5 Å². The molecule has 0 amide bonds. The van der Waals surface area contributed by atoms with Gasteiger partial charge in [-0.05, 0) is 55.2 Å². The molecular weight excluding hydrogens is 278 g/mol. The van der Waals surface area contributed by atoms with Crippen molar-refractivity contribution in [2.75, 3.05) is 4.90 Å². The Labute approximate surface area is 139 Å². The molecule has 0 bridgehead atoms. The van der Waals surface area contributed by atoms with E-state index in [-0.39, 0.29) is 5.41 Å². The summed E-state index contributed by atoms with van der Waals surface area (Å²) in [6.45, 7) is 7.00. The maximum absolute atomic E-state index is 2.44. The van der Waals surface area contributed by atoms with Crippen LogP contribution < -0.4 is 4.90 Å². The van der Waals surface area contributed by atoms with Crippen molar-refractivity contribution in [2.24, 2.45) is 0 Å². The third-order valence-electron chi connectivity index (χ3n) is 5.29. The quantitative estimate of drug-likeness (QED) is 0.614. The van der Waals surface area contributed by atoms with Gasteiger partial charge in [-0.15, -0.1) is 0 Å². The van der Waals surface area contributed by atoms with Gasteiger partial charge in [-0.1, -0.05) is 55.8 Å². The van der Waals surface area contributed by atoms with Gasteiger partial charge in [0.1, 0.15) is 0 Å². The molecule has 1 nitrogen and oxygen atoms in total. The van der Waals surface area contributed by atoms with Crippen LogP contribution in [0.25, 0.3) is 0 Å². The highest BCUT2D eigenvalue weighted by atomic mass is 15.2. The van der Waals surface area contributed by atoms with Crippen molar-refractivity contribution in [3.05, 3.63) is 83.1 Å². The van der Waals surface area contributed by atoms with Crippen molar-refractivity contribution in [2.45, 2.75) is 39.0 Å². The molecule has 0 atom stereocenters. The Bertz CT molecular complexity index is 809. The molecule has 2 aromatic carbocycles. The van der Waals surface area contributed by atoms with Crippen LogP contribution in [0.4, 0.5) is 11.4 Å². The number of fused-ring (bicyclic) bond motifs is 1. The highest BCUT2D eigenvalue weighted by Gasteiger charge is 2.38. The molecule has 1 aliphatic heterocycles. The van der Waals surface area contributed by atoms with Crippen LogP contribution >= 0.6 is 0 Å². The van der Waals surface area contributed by atoms with Gasteiger partial charge in [-0.3, -0.25) is 0 Å². The first kappa shape index (κ1) is 14.3. The van der Waals surface area contributed by atoms with Gasteiger partial charge >= 0.3 is 0 Å². The van der Waals surface area contributed by atoms with Gasteiger partial charge in [0.25, 0.3) is 0 Å². The zero-order chi connectivity index (χ0) is 16.0. The lowest BCUT2D eigenvalue weighted by molar-refractivity contribution is 0.566. The highest BCUT2D eigenvalue weighted by molar-refractivity contribution is 5.78. The summed E-state index contributed by atoms with van der Waals surface area (Å²) in [7, 11) is 0. The zero-order valence-electron chi connectivity index (χ0n) is 14.1. The number of nitrogens with zero attached hydrogens (tertiary/aromatic N) is 1. The van der Waals surface area contributed by atoms with E-state index in [9.17, 15) is 0 Å². The van der Waals surface area contributed by atoms with Crippen LogP contribution in [0.3, 0.4) is 0 Å². The lowest BCUT2D eigenvalue weighted by Gasteiger charge is -2.44. The number of hydrogen-bond acceptors (Lipinski definition) is 1. The largest absolute Gasteiger partial charge is 0.310 e. The van der Waals surface area contributed by atoms with Crippen molar-refractivity contribution in [3.8, 4) is 0 Å². The molecule has 0 N–H and O–H groups in total. The lowest BCUT2D eigenvalue weighted by Crippen LogP contribution is -2.35. The maximum Gasteiger partial charge on any atom is 0.0502 e. The molecule has 0 unspecified atom stereocenters. The molecule has 116 valence electrons. The van der Waals surface area contributed by atoms with Crippen molar-refractivity contribution in [1.29, 1.82) is 0 Å². The normalized spacial score (nSPS) is 19.1. The van der Waals surface area contributed by atoms with E-state index >= 15 is 0 Å². The van der Waals surface area contributed by atoms with E-state index in [1.165, 1.54) is 34.6 Å². The summed E-state index contributed by atoms with van der Waals surface area (Å²) in [5.41, 5.74) is 8.49. The number of anilines is 2. The fourth-order valence-corrected chi connectivity index (χ4v) is 4.02. The minimum absolute atomic E-state index is 0.0917. The van der Waals surface area contributed by atoms with Crippen molar-refractivity contribution >= 4 is 11.4 Å². The Kier molecular flexibility index (Phi) is 3.19. The predicted molar refractivity (Wildman–Crippen MR) is 98.1 cm³/mol. The number of rotatable bonds is 1. The molecule has 1 heteroatoms. The van der Waals surface area contributed by atoms with Crippen LogP contribution in [0, 0.1) is 0 Å². The fourth-order valence-electron chi connectivity index (χ4n) is 4.02. The summed E-state index contributed by atoms with van der Waals surface area (Å²) in [4.78, 5) is 2.44. The smallest absolute Gasteiger partial charge is 0.0502 e. The third-order valence-corrected chi connectivity index (χ3v) is 5.29. The second-order valence-electron chi connectivity index (χ2n) is 7.17. The van der Waals surface area contributed by atoms with Crippen molar-refractivity contribution < 1.29 is 0 Å². The average Bonchev–Trinajstić information content (AvgIpc) is 2.56. The van der Waals surface area contributed by atoms with Gasteiger partial charge in [-0.25, -0.2) is 0 Å². The molecular formula is C22H23N. The summed E-state index contributed by atoms with van der Waals surface area (Å²) in [5.74, 6) is 0.